The van der Waals surface area contributed by atoms with Crippen molar-refractivity contribution in [1.29, 1.82) is 0 Å². The number of imide groups is 2. The summed E-state index contributed by atoms with van der Waals surface area (Å²) >= 11 is 0. The standard InChI is InChI=1S/C10H8N2O6/c13-6-1-2-7(14)11(6)5-10(17)18-12-8(15)3-4-9(12)16/h3-4H,1-2,5H2. The summed E-state index contributed by atoms with van der Waals surface area (Å²) in [5, 5.41) is 0.271. The summed E-state index contributed by atoms with van der Waals surface area (Å²) in [6.07, 6.45) is 1.99. The van der Waals surface area contributed by atoms with Crippen molar-refractivity contribution >= 4 is 29.6 Å². The maximum atomic E-state index is 11.4. The van der Waals surface area contributed by atoms with Crippen LogP contribution in [0.15, 0.2) is 12.2 Å². The Balaban J connectivity index is 1.93. The predicted octanol–water partition coefficient (Wildman–Crippen LogP) is -1.48. The number of rotatable bonds is 3. The lowest BCUT2D eigenvalue weighted by Gasteiger charge is -2.16. The summed E-state index contributed by atoms with van der Waals surface area (Å²) in [5.41, 5.74) is 0. The highest BCUT2D eigenvalue weighted by Crippen LogP contribution is 2.12. The van der Waals surface area contributed by atoms with Crippen LogP contribution in [0.1, 0.15) is 12.8 Å². The number of hydroxylamine groups is 2. The van der Waals surface area contributed by atoms with Crippen LogP contribution in [0.2, 0.25) is 0 Å². The molecule has 1 fully saturated rings. The molecule has 1 saturated heterocycles. The average Bonchev–Trinajstić information content (AvgIpc) is 2.79. The van der Waals surface area contributed by atoms with E-state index in [9.17, 15) is 24.0 Å². The minimum atomic E-state index is -1.02. The van der Waals surface area contributed by atoms with Crippen LogP contribution in [-0.4, -0.2) is 46.1 Å². The Morgan fingerprint density at radius 3 is 2.06 bits per heavy atom. The Bertz CT molecular complexity index is 455. The third-order valence-electron chi connectivity index (χ3n) is 2.40. The summed E-state index contributed by atoms with van der Waals surface area (Å²) in [4.78, 5) is 61.2. The zero-order valence-corrected chi connectivity index (χ0v) is 9.12. The largest absolute Gasteiger partial charge is 0.352 e. The van der Waals surface area contributed by atoms with E-state index in [1.165, 1.54) is 0 Å². The second-order valence-corrected chi connectivity index (χ2v) is 3.64. The highest BCUT2D eigenvalue weighted by Gasteiger charge is 2.33. The monoisotopic (exact) mass is 252 g/mol. The average molecular weight is 252 g/mol. The first-order valence-electron chi connectivity index (χ1n) is 5.09. The number of carbonyl (C=O) groups excluding carboxylic acids is 5. The Labute approximate surface area is 101 Å². The number of carbonyl (C=O) groups is 5. The fraction of sp³-hybridized carbons (Fsp3) is 0.300. The summed E-state index contributed by atoms with van der Waals surface area (Å²) in [6, 6.07) is 0. The van der Waals surface area contributed by atoms with Gasteiger partial charge in [0.25, 0.3) is 11.8 Å². The lowest BCUT2D eigenvalue weighted by molar-refractivity contribution is -0.196. The van der Waals surface area contributed by atoms with Gasteiger partial charge in [-0.05, 0) is 0 Å². The van der Waals surface area contributed by atoms with Gasteiger partial charge in [0.05, 0.1) is 0 Å². The first-order chi connectivity index (χ1) is 8.49. The molecule has 0 bridgehead atoms. The second-order valence-electron chi connectivity index (χ2n) is 3.64. The molecule has 0 unspecified atom stereocenters. The van der Waals surface area contributed by atoms with E-state index in [0.717, 1.165) is 17.1 Å². The predicted molar refractivity (Wildman–Crippen MR) is 53.0 cm³/mol. The molecule has 0 saturated carbocycles. The molecule has 0 aromatic carbocycles. The minimum Gasteiger partial charge on any atom is -0.328 e. The quantitative estimate of drug-likeness (QED) is 0.568. The molecule has 2 aliphatic rings. The topological polar surface area (TPSA) is 101 Å². The Morgan fingerprint density at radius 1 is 1.06 bits per heavy atom. The van der Waals surface area contributed by atoms with E-state index in [4.69, 9.17) is 0 Å². The number of amides is 4. The summed E-state index contributed by atoms with van der Waals surface area (Å²) < 4.78 is 0. The molecule has 2 rings (SSSR count). The Kier molecular flexibility index (Phi) is 2.92. The van der Waals surface area contributed by atoms with Crippen LogP contribution in [-0.2, 0) is 28.8 Å². The zero-order chi connectivity index (χ0) is 13.3. The van der Waals surface area contributed by atoms with Gasteiger partial charge in [-0.3, -0.25) is 24.1 Å². The van der Waals surface area contributed by atoms with Gasteiger partial charge in [0.2, 0.25) is 11.8 Å². The molecule has 0 radical (unpaired) electrons. The molecule has 94 valence electrons. The van der Waals surface area contributed by atoms with Gasteiger partial charge in [0.1, 0.15) is 6.54 Å². The van der Waals surface area contributed by atoms with Gasteiger partial charge in [-0.15, -0.1) is 0 Å². The Hall–Kier alpha value is -2.51. The van der Waals surface area contributed by atoms with Gasteiger partial charge in [-0.25, -0.2) is 4.79 Å². The van der Waals surface area contributed by atoms with Crippen LogP contribution in [0.5, 0.6) is 0 Å². The van der Waals surface area contributed by atoms with E-state index in [-0.39, 0.29) is 17.9 Å². The molecular weight excluding hydrogens is 244 g/mol. The van der Waals surface area contributed by atoms with Gasteiger partial charge in [0.15, 0.2) is 0 Å². The van der Waals surface area contributed by atoms with Gasteiger partial charge in [-0.1, -0.05) is 5.06 Å². The molecule has 8 heteroatoms. The van der Waals surface area contributed by atoms with E-state index >= 15 is 0 Å². The third kappa shape index (κ3) is 2.12. The van der Waals surface area contributed by atoms with Crippen molar-refractivity contribution in [2.24, 2.45) is 0 Å². The fourth-order valence-corrected chi connectivity index (χ4v) is 1.54. The second kappa shape index (κ2) is 4.40. The van der Waals surface area contributed by atoms with Crippen molar-refractivity contribution in [3.8, 4) is 0 Å². The van der Waals surface area contributed by atoms with E-state index in [1.807, 2.05) is 0 Å². The summed E-state index contributed by atoms with van der Waals surface area (Å²) in [7, 11) is 0. The molecule has 0 aliphatic carbocycles. The van der Waals surface area contributed by atoms with Crippen molar-refractivity contribution < 1.29 is 28.8 Å². The maximum absolute atomic E-state index is 11.4. The summed E-state index contributed by atoms with van der Waals surface area (Å²) in [5.74, 6) is -3.55. The summed E-state index contributed by atoms with van der Waals surface area (Å²) in [6.45, 7) is -0.602. The zero-order valence-electron chi connectivity index (χ0n) is 9.12. The molecule has 0 aromatic rings. The maximum Gasteiger partial charge on any atom is 0.352 e. The van der Waals surface area contributed by atoms with Crippen molar-refractivity contribution in [2.75, 3.05) is 6.54 Å². The fourth-order valence-electron chi connectivity index (χ4n) is 1.54. The van der Waals surface area contributed by atoms with Crippen LogP contribution in [0.25, 0.3) is 0 Å². The van der Waals surface area contributed by atoms with Gasteiger partial charge < -0.3 is 4.84 Å². The lowest BCUT2D eigenvalue weighted by Crippen LogP contribution is -2.40. The van der Waals surface area contributed by atoms with E-state index in [1.54, 1.807) is 0 Å². The molecule has 0 N–H and O–H groups in total. The smallest absolute Gasteiger partial charge is 0.328 e. The van der Waals surface area contributed by atoms with Gasteiger partial charge >= 0.3 is 5.97 Å². The molecule has 8 nitrogen and oxygen atoms in total. The van der Waals surface area contributed by atoms with Crippen molar-refractivity contribution in [1.82, 2.24) is 9.96 Å². The van der Waals surface area contributed by atoms with Crippen LogP contribution >= 0.6 is 0 Å². The first kappa shape index (κ1) is 12.0. The SMILES string of the molecule is O=C(CN1C(=O)CCC1=O)ON1C(=O)C=CC1=O. The molecular formula is C10H8N2O6. The normalized spacial score (nSPS) is 19.1. The number of likely N-dealkylation sites (tertiary alicyclic amines) is 1. The molecule has 0 atom stereocenters. The molecule has 0 aromatic heterocycles. The molecule has 2 heterocycles. The highest BCUT2D eigenvalue weighted by atomic mass is 16.7. The van der Waals surface area contributed by atoms with E-state index in [2.05, 4.69) is 4.84 Å². The van der Waals surface area contributed by atoms with Crippen LogP contribution in [0, 0.1) is 0 Å². The molecule has 0 spiro atoms. The number of hydrogen-bond acceptors (Lipinski definition) is 6. The minimum absolute atomic E-state index is 0.0508. The Morgan fingerprint density at radius 2 is 1.56 bits per heavy atom. The van der Waals surface area contributed by atoms with Gasteiger partial charge in [0, 0.05) is 25.0 Å². The van der Waals surface area contributed by atoms with Crippen molar-refractivity contribution in [3.63, 3.8) is 0 Å². The number of hydrogen-bond donors (Lipinski definition) is 0. The highest BCUT2D eigenvalue weighted by molar-refractivity contribution is 6.12. The van der Waals surface area contributed by atoms with Crippen molar-refractivity contribution in [3.05, 3.63) is 12.2 Å². The first-order valence-corrected chi connectivity index (χ1v) is 5.09. The van der Waals surface area contributed by atoms with Crippen LogP contribution in [0.3, 0.4) is 0 Å². The van der Waals surface area contributed by atoms with E-state index < -0.39 is 36.1 Å². The van der Waals surface area contributed by atoms with E-state index in [0.29, 0.717) is 0 Å². The van der Waals surface area contributed by atoms with Crippen LogP contribution < -0.4 is 0 Å². The van der Waals surface area contributed by atoms with Crippen LogP contribution in [0.4, 0.5) is 0 Å². The molecule has 2 aliphatic heterocycles. The molecule has 18 heavy (non-hydrogen) atoms. The van der Waals surface area contributed by atoms with Crippen molar-refractivity contribution in [2.45, 2.75) is 12.8 Å². The number of nitrogens with zero attached hydrogens (tertiary/aromatic N) is 2. The third-order valence-corrected chi connectivity index (χ3v) is 2.40. The lowest BCUT2D eigenvalue weighted by atomic mass is 10.4. The van der Waals surface area contributed by atoms with Gasteiger partial charge in [-0.2, -0.15) is 0 Å². The molecule has 4 amide bonds.